The Labute approximate surface area is 122 Å². The maximum atomic E-state index is 5.42. The minimum absolute atomic E-state index is 0.477. The number of nitrogens with one attached hydrogen (secondary N) is 1. The molecular weight excluding hydrogens is 272 g/mol. The second-order valence-corrected chi connectivity index (χ2v) is 6.49. The molecule has 2 aromatic rings. The van der Waals surface area contributed by atoms with E-state index in [0.717, 1.165) is 21.7 Å². The molecule has 2 nitrogen and oxygen atoms in total. The summed E-state index contributed by atoms with van der Waals surface area (Å²) in [5.41, 5.74) is 3.36. The van der Waals surface area contributed by atoms with Gasteiger partial charge in [0.15, 0.2) is 0 Å². The van der Waals surface area contributed by atoms with Crippen LogP contribution in [0.3, 0.4) is 0 Å². The largest absolute Gasteiger partial charge is 0.342 e. The zero-order valence-corrected chi connectivity index (χ0v) is 12.5. The van der Waals surface area contributed by atoms with Gasteiger partial charge in [0.1, 0.15) is 10.5 Å². The molecule has 1 fully saturated rings. The highest BCUT2D eigenvalue weighted by Crippen LogP contribution is 2.38. The normalized spacial score (nSPS) is 18.7. The van der Waals surface area contributed by atoms with Crippen LogP contribution in [-0.4, -0.2) is 15.7 Å². The number of hydrogen-bond donors (Lipinski definition) is 1. The van der Waals surface area contributed by atoms with Crippen LogP contribution in [0.25, 0.3) is 11.3 Å². The van der Waals surface area contributed by atoms with E-state index in [0.29, 0.717) is 5.25 Å². The van der Waals surface area contributed by atoms with Crippen molar-refractivity contribution in [2.75, 3.05) is 5.75 Å². The number of rotatable bonds is 2. The van der Waals surface area contributed by atoms with E-state index in [9.17, 15) is 0 Å². The first-order valence-corrected chi connectivity index (χ1v) is 7.99. The molecule has 0 amide bonds. The molecule has 1 aliphatic rings. The van der Waals surface area contributed by atoms with Gasteiger partial charge in [0, 0.05) is 5.56 Å². The van der Waals surface area contributed by atoms with E-state index < -0.39 is 0 Å². The fourth-order valence-corrected chi connectivity index (χ4v) is 3.81. The van der Waals surface area contributed by atoms with Crippen molar-refractivity contribution in [1.29, 1.82) is 0 Å². The summed E-state index contributed by atoms with van der Waals surface area (Å²) in [4.78, 5) is 8.09. The molecule has 3 rings (SSSR count). The van der Waals surface area contributed by atoms with Crippen LogP contribution in [0, 0.1) is 11.6 Å². The van der Waals surface area contributed by atoms with Crippen LogP contribution >= 0.6 is 24.0 Å². The van der Waals surface area contributed by atoms with Gasteiger partial charge in [-0.3, -0.25) is 0 Å². The summed E-state index contributed by atoms with van der Waals surface area (Å²) in [6.07, 6.45) is 2.46. The Hall–Kier alpha value is -1.13. The molecule has 0 bridgehead atoms. The van der Waals surface area contributed by atoms with Gasteiger partial charge >= 0.3 is 0 Å². The van der Waals surface area contributed by atoms with Crippen molar-refractivity contribution in [2.45, 2.75) is 25.0 Å². The molecule has 0 radical (unpaired) electrons. The van der Waals surface area contributed by atoms with Gasteiger partial charge in [-0.15, -0.1) is 0 Å². The van der Waals surface area contributed by atoms with Crippen LogP contribution in [0.5, 0.6) is 0 Å². The van der Waals surface area contributed by atoms with Crippen LogP contribution in [0.4, 0.5) is 0 Å². The summed E-state index contributed by atoms with van der Waals surface area (Å²) in [5.74, 6) is 2.26. The first kappa shape index (κ1) is 12.9. The number of aromatic nitrogens is 2. The van der Waals surface area contributed by atoms with Gasteiger partial charge in [0.2, 0.25) is 0 Å². The van der Waals surface area contributed by atoms with Crippen LogP contribution in [-0.2, 0) is 0 Å². The first-order valence-electron chi connectivity index (χ1n) is 6.53. The topological polar surface area (TPSA) is 28.7 Å². The van der Waals surface area contributed by atoms with E-state index in [4.69, 9.17) is 12.2 Å². The highest BCUT2D eigenvalue weighted by atomic mass is 32.2. The molecule has 98 valence electrons. The average Bonchev–Trinajstić information content (AvgIpc) is 2.97. The number of hydrogen-bond acceptors (Lipinski definition) is 3. The zero-order chi connectivity index (χ0) is 13.2. The fourth-order valence-electron chi connectivity index (χ4n) is 2.39. The van der Waals surface area contributed by atoms with Crippen LogP contribution < -0.4 is 0 Å². The smallest absolute Gasteiger partial charge is 0.133 e. The molecule has 4 heteroatoms. The fraction of sp³-hybridized carbons (Fsp3) is 0.333. The van der Waals surface area contributed by atoms with Gasteiger partial charge in [-0.2, -0.15) is 11.8 Å². The van der Waals surface area contributed by atoms with Crippen molar-refractivity contribution in [3.05, 3.63) is 46.4 Å². The van der Waals surface area contributed by atoms with E-state index in [-0.39, 0.29) is 0 Å². The quantitative estimate of drug-likeness (QED) is 0.813. The van der Waals surface area contributed by atoms with Crippen molar-refractivity contribution in [2.24, 2.45) is 0 Å². The van der Waals surface area contributed by atoms with Gasteiger partial charge in [-0.1, -0.05) is 42.5 Å². The number of thioether (sulfide) groups is 1. The van der Waals surface area contributed by atoms with Crippen molar-refractivity contribution >= 4 is 24.0 Å². The molecule has 1 saturated heterocycles. The molecule has 0 aliphatic carbocycles. The summed E-state index contributed by atoms with van der Waals surface area (Å²) in [5, 5.41) is 0.477. The minimum Gasteiger partial charge on any atom is -0.342 e. The van der Waals surface area contributed by atoms with Crippen molar-refractivity contribution in [1.82, 2.24) is 9.97 Å². The van der Waals surface area contributed by atoms with E-state index in [1.165, 1.54) is 24.2 Å². The van der Waals surface area contributed by atoms with Crippen LogP contribution in [0.1, 0.15) is 29.5 Å². The monoisotopic (exact) mass is 288 g/mol. The Balaban J connectivity index is 2.11. The Kier molecular flexibility index (Phi) is 3.71. The lowest BCUT2D eigenvalue weighted by Crippen LogP contribution is -2.02. The minimum atomic E-state index is 0.477. The molecule has 1 N–H and O–H groups in total. The van der Waals surface area contributed by atoms with E-state index >= 15 is 0 Å². The average molecular weight is 288 g/mol. The highest BCUT2D eigenvalue weighted by molar-refractivity contribution is 7.99. The van der Waals surface area contributed by atoms with E-state index in [1.54, 1.807) is 0 Å². The molecule has 1 aromatic carbocycles. The van der Waals surface area contributed by atoms with E-state index in [2.05, 4.69) is 34.2 Å². The van der Waals surface area contributed by atoms with Gasteiger partial charge in [0.05, 0.1) is 10.9 Å². The Bertz CT molecular complexity index is 628. The summed E-state index contributed by atoms with van der Waals surface area (Å²) in [7, 11) is 0. The molecule has 1 unspecified atom stereocenters. The zero-order valence-electron chi connectivity index (χ0n) is 10.8. The van der Waals surface area contributed by atoms with Crippen LogP contribution in [0.2, 0.25) is 0 Å². The predicted molar refractivity (Wildman–Crippen MR) is 84.0 cm³/mol. The van der Waals surface area contributed by atoms with Gasteiger partial charge in [0.25, 0.3) is 0 Å². The number of H-pyrrole nitrogens is 1. The van der Waals surface area contributed by atoms with Crippen molar-refractivity contribution in [3.8, 4) is 11.3 Å². The maximum absolute atomic E-state index is 5.42. The predicted octanol–water partition coefficient (Wildman–Crippen LogP) is 4.68. The second-order valence-electron chi connectivity index (χ2n) is 4.79. The SMILES string of the molecule is Cc1c(-c2ccccc2)[nH]c(C2CCCS2)nc1=S. The third-order valence-electron chi connectivity index (χ3n) is 3.47. The summed E-state index contributed by atoms with van der Waals surface area (Å²) >= 11 is 7.40. The molecule has 1 aliphatic heterocycles. The number of nitrogens with zero attached hydrogens (tertiary/aromatic N) is 1. The molecule has 2 heterocycles. The van der Waals surface area contributed by atoms with E-state index in [1.807, 2.05) is 24.8 Å². The lowest BCUT2D eigenvalue weighted by Gasteiger charge is -2.13. The maximum Gasteiger partial charge on any atom is 0.133 e. The first-order chi connectivity index (χ1) is 9.25. The molecule has 19 heavy (non-hydrogen) atoms. The Morgan fingerprint density at radius 3 is 2.79 bits per heavy atom. The van der Waals surface area contributed by atoms with Gasteiger partial charge in [-0.25, -0.2) is 4.98 Å². The lowest BCUT2D eigenvalue weighted by atomic mass is 10.1. The molecule has 0 spiro atoms. The summed E-state index contributed by atoms with van der Waals surface area (Å²) in [6.45, 7) is 2.04. The number of aromatic amines is 1. The third-order valence-corrected chi connectivity index (χ3v) is 5.25. The standard InChI is InChI=1S/C15H16N2S2/c1-10-13(11-6-3-2-4-7-11)16-14(17-15(10)18)12-8-5-9-19-12/h2-4,6-7,12H,5,8-9H2,1H3,(H,16,17,18). The summed E-state index contributed by atoms with van der Waals surface area (Å²) in [6, 6.07) is 10.4. The molecule has 1 atom stereocenters. The molecular formula is C15H16N2S2. The van der Waals surface area contributed by atoms with Gasteiger partial charge in [-0.05, 0) is 31.1 Å². The Morgan fingerprint density at radius 1 is 1.32 bits per heavy atom. The van der Waals surface area contributed by atoms with Crippen molar-refractivity contribution in [3.63, 3.8) is 0 Å². The van der Waals surface area contributed by atoms with Crippen LogP contribution in [0.15, 0.2) is 30.3 Å². The third kappa shape index (κ3) is 2.60. The highest BCUT2D eigenvalue weighted by Gasteiger charge is 2.21. The second kappa shape index (κ2) is 5.47. The Morgan fingerprint density at radius 2 is 2.11 bits per heavy atom. The van der Waals surface area contributed by atoms with Gasteiger partial charge < -0.3 is 4.98 Å². The lowest BCUT2D eigenvalue weighted by molar-refractivity contribution is 0.774. The van der Waals surface area contributed by atoms with Crippen molar-refractivity contribution < 1.29 is 0 Å². The molecule has 1 aromatic heterocycles. The number of benzene rings is 1. The molecule has 0 saturated carbocycles. The summed E-state index contributed by atoms with van der Waals surface area (Å²) < 4.78 is 0.722.